The van der Waals surface area contributed by atoms with E-state index in [9.17, 15) is 5.26 Å². The first-order valence-electron chi connectivity index (χ1n) is 6.52. The number of rotatable bonds is 4. The molecule has 0 aliphatic rings. The maximum absolute atomic E-state index is 9.25. The summed E-state index contributed by atoms with van der Waals surface area (Å²) in [5.41, 5.74) is 2.29. The maximum atomic E-state index is 9.25. The van der Waals surface area contributed by atoms with Gasteiger partial charge in [-0.3, -0.25) is 0 Å². The van der Waals surface area contributed by atoms with Gasteiger partial charge >= 0.3 is 0 Å². The highest BCUT2D eigenvalue weighted by Crippen LogP contribution is 2.34. The van der Waals surface area contributed by atoms with Crippen molar-refractivity contribution in [2.24, 2.45) is 0 Å². The van der Waals surface area contributed by atoms with E-state index in [2.05, 4.69) is 39.8 Å². The second-order valence-corrected chi connectivity index (χ2v) is 5.68. The molecule has 0 aliphatic carbocycles. The predicted octanol–water partition coefficient (Wildman–Crippen LogP) is 4.40. The van der Waals surface area contributed by atoms with E-state index < -0.39 is 0 Å². The molecule has 1 aromatic carbocycles. The summed E-state index contributed by atoms with van der Waals surface area (Å²) in [6.07, 6.45) is 1.93. The highest BCUT2D eigenvalue weighted by molar-refractivity contribution is 5.43. The number of ether oxygens (including phenoxy) is 1. The van der Waals surface area contributed by atoms with E-state index in [1.54, 1.807) is 7.11 Å². The SMILES string of the molecule is CCCC(C#N)c1ccc(OC)c(C(C)(C)C)c1. The van der Waals surface area contributed by atoms with E-state index in [1.807, 2.05) is 12.1 Å². The zero-order chi connectivity index (χ0) is 13.8. The lowest BCUT2D eigenvalue weighted by atomic mass is 9.83. The molecule has 0 aliphatic heterocycles. The molecule has 0 saturated heterocycles. The minimum Gasteiger partial charge on any atom is -0.496 e. The quantitative estimate of drug-likeness (QED) is 0.787. The Balaban J connectivity index is 3.22. The molecular formula is C16H23NO. The van der Waals surface area contributed by atoms with Crippen molar-refractivity contribution >= 4 is 0 Å². The van der Waals surface area contributed by atoms with Gasteiger partial charge in [-0.05, 0) is 29.0 Å². The molecule has 0 aromatic heterocycles. The van der Waals surface area contributed by atoms with Crippen LogP contribution in [0.1, 0.15) is 57.6 Å². The Morgan fingerprint density at radius 3 is 2.44 bits per heavy atom. The monoisotopic (exact) mass is 245 g/mol. The fraction of sp³-hybridized carbons (Fsp3) is 0.562. The number of hydrogen-bond acceptors (Lipinski definition) is 2. The van der Waals surface area contributed by atoms with Gasteiger partial charge in [-0.2, -0.15) is 5.26 Å². The van der Waals surface area contributed by atoms with Gasteiger partial charge in [0.15, 0.2) is 0 Å². The molecule has 1 aromatic rings. The minimum atomic E-state index is -0.0120. The highest BCUT2D eigenvalue weighted by Gasteiger charge is 2.21. The molecule has 2 heteroatoms. The number of nitrogens with zero attached hydrogens (tertiary/aromatic N) is 1. The van der Waals surface area contributed by atoms with Crippen LogP contribution < -0.4 is 4.74 Å². The van der Waals surface area contributed by atoms with Gasteiger partial charge in [0.25, 0.3) is 0 Å². The van der Waals surface area contributed by atoms with E-state index in [4.69, 9.17) is 4.74 Å². The van der Waals surface area contributed by atoms with E-state index in [0.717, 1.165) is 24.2 Å². The van der Waals surface area contributed by atoms with Crippen LogP contribution in [0.2, 0.25) is 0 Å². The Labute approximate surface area is 111 Å². The third kappa shape index (κ3) is 3.26. The lowest BCUT2D eigenvalue weighted by Crippen LogP contribution is -2.13. The van der Waals surface area contributed by atoms with Crippen LogP contribution in [-0.4, -0.2) is 7.11 Å². The molecule has 0 heterocycles. The molecule has 98 valence electrons. The maximum Gasteiger partial charge on any atom is 0.122 e. The molecule has 1 unspecified atom stereocenters. The number of hydrogen-bond donors (Lipinski definition) is 0. The summed E-state index contributed by atoms with van der Waals surface area (Å²) in [5.74, 6) is 0.890. The van der Waals surface area contributed by atoms with E-state index in [-0.39, 0.29) is 11.3 Å². The summed E-state index contributed by atoms with van der Waals surface area (Å²) in [6.45, 7) is 8.60. The fourth-order valence-electron chi connectivity index (χ4n) is 2.12. The van der Waals surface area contributed by atoms with E-state index in [1.165, 1.54) is 5.56 Å². The normalized spacial score (nSPS) is 12.9. The summed E-state index contributed by atoms with van der Waals surface area (Å²) < 4.78 is 5.42. The number of methoxy groups -OCH3 is 1. The van der Waals surface area contributed by atoms with Gasteiger partial charge in [-0.1, -0.05) is 46.2 Å². The van der Waals surface area contributed by atoms with Crippen LogP contribution in [0.5, 0.6) is 5.75 Å². The molecule has 1 atom stereocenters. The zero-order valence-electron chi connectivity index (χ0n) is 12.1. The van der Waals surface area contributed by atoms with Crippen molar-refractivity contribution in [1.29, 1.82) is 5.26 Å². The second-order valence-electron chi connectivity index (χ2n) is 5.68. The molecular weight excluding hydrogens is 222 g/mol. The van der Waals surface area contributed by atoms with E-state index in [0.29, 0.717) is 0 Å². The van der Waals surface area contributed by atoms with Gasteiger partial charge in [0.2, 0.25) is 0 Å². The third-order valence-corrected chi connectivity index (χ3v) is 3.17. The number of nitriles is 1. The molecule has 0 fully saturated rings. The highest BCUT2D eigenvalue weighted by atomic mass is 16.5. The van der Waals surface area contributed by atoms with Crippen molar-refractivity contribution in [3.8, 4) is 11.8 Å². The van der Waals surface area contributed by atoms with Crippen LogP contribution >= 0.6 is 0 Å². The van der Waals surface area contributed by atoms with Crippen molar-refractivity contribution in [3.63, 3.8) is 0 Å². The Hall–Kier alpha value is -1.49. The Kier molecular flexibility index (Phi) is 4.78. The summed E-state index contributed by atoms with van der Waals surface area (Å²) in [7, 11) is 1.69. The molecule has 0 spiro atoms. The minimum absolute atomic E-state index is 0.0120. The lowest BCUT2D eigenvalue weighted by molar-refractivity contribution is 0.397. The van der Waals surface area contributed by atoms with Crippen LogP contribution in [0, 0.1) is 11.3 Å². The Morgan fingerprint density at radius 1 is 1.33 bits per heavy atom. The van der Waals surface area contributed by atoms with Crippen molar-refractivity contribution in [1.82, 2.24) is 0 Å². The van der Waals surface area contributed by atoms with Crippen molar-refractivity contribution in [2.45, 2.75) is 51.9 Å². The smallest absolute Gasteiger partial charge is 0.122 e. The summed E-state index contributed by atoms with van der Waals surface area (Å²) in [6, 6.07) is 8.52. The molecule has 0 bridgehead atoms. The van der Waals surface area contributed by atoms with Crippen LogP contribution in [0.15, 0.2) is 18.2 Å². The third-order valence-electron chi connectivity index (χ3n) is 3.17. The summed E-state index contributed by atoms with van der Waals surface area (Å²) >= 11 is 0. The topological polar surface area (TPSA) is 33.0 Å². The molecule has 0 N–H and O–H groups in total. The zero-order valence-corrected chi connectivity index (χ0v) is 12.1. The Bertz CT molecular complexity index is 437. The first-order chi connectivity index (χ1) is 8.43. The van der Waals surface area contributed by atoms with Crippen LogP contribution in [0.4, 0.5) is 0 Å². The average Bonchev–Trinajstić information content (AvgIpc) is 2.34. The van der Waals surface area contributed by atoms with E-state index >= 15 is 0 Å². The van der Waals surface area contributed by atoms with Crippen LogP contribution in [0.25, 0.3) is 0 Å². The van der Waals surface area contributed by atoms with Gasteiger partial charge in [0.05, 0.1) is 19.1 Å². The molecule has 2 nitrogen and oxygen atoms in total. The van der Waals surface area contributed by atoms with Gasteiger partial charge < -0.3 is 4.74 Å². The molecule has 0 saturated carbocycles. The van der Waals surface area contributed by atoms with Crippen LogP contribution in [0.3, 0.4) is 0 Å². The largest absolute Gasteiger partial charge is 0.496 e. The van der Waals surface area contributed by atoms with Crippen molar-refractivity contribution < 1.29 is 4.74 Å². The fourth-order valence-corrected chi connectivity index (χ4v) is 2.12. The molecule has 0 amide bonds. The van der Waals surface area contributed by atoms with Crippen molar-refractivity contribution in [2.75, 3.05) is 7.11 Å². The summed E-state index contributed by atoms with van der Waals surface area (Å²) in [4.78, 5) is 0. The van der Waals surface area contributed by atoms with Gasteiger partial charge in [-0.15, -0.1) is 0 Å². The second kappa shape index (κ2) is 5.91. The van der Waals surface area contributed by atoms with Crippen LogP contribution in [-0.2, 0) is 5.41 Å². The first-order valence-corrected chi connectivity index (χ1v) is 6.52. The lowest BCUT2D eigenvalue weighted by Gasteiger charge is -2.23. The first kappa shape index (κ1) is 14.6. The standard InChI is InChI=1S/C16H23NO/c1-6-7-13(11-17)12-8-9-15(18-5)14(10-12)16(2,3)4/h8-10,13H,6-7H2,1-5H3. The number of benzene rings is 1. The predicted molar refractivity (Wildman–Crippen MR) is 75.0 cm³/mol. The molecule has 0 radical (unpaired) electrons. The molecule has 18 heavy (non-hydrogen) atoms. The van der Waals surface area contributed by atoms with Gasteiger partial charge in [-0.25, -0.2) is 0 Å². The molecule has 1 rings (SSSR count). The Morgan fingerprint density at radius 2 is 2.00 bits per heavy atom. The van der Waals surface area contributed by atoms with Gasteiger partial charge in [0, 0.05) is 0 Å². The van der Waals surface area contributed by atoms with Crippen molar-refractivity contribution in [3.05, 3.63) is 29.3 Å². The average molecular weight is 245 g/mol. The van der Waals surface area contributed by atoms with Gasteiger partial charge in [0.1, 0.15) is 5.75 Å². The summed E-state index contributed by atoms with van der Waals surface area (Å²) in [5, 5.41) is 9.25.